The Balaban J connectivity index is 1.76. The van der Waals surface area contributed by atoms with Crippen molar-refractivity contribution in [2.24, 2.45) is 5.92 Å². The third-order valence-electron chi connectivity index (χ3n) is 6.16. The van der Waals surface area contributed by atoms with E-state index in [-0.39, 0.29) is 6.09 Å². The first-order chi connectivity index (χ1) is 15.2. The quantitative estimate of drug-likeness (QED) is 0.433. The lowest BCUT2D eigenvalue weighted by molar-refractivity contribution is 0.0174. The van der Waals surface area contributed by atoms with Crippen LogP contribution in [0.1, 0.15) is 70.4 Å². The highest BCUT2D eigenvalue weighted by Crippen LogP contribution is 2.43. The molecule has 0 radical (unpaired) electrons. The number of piperidine rings is 1. The summed E-state index contributed by atoms with van der Waals surface area (Å²) >= 11 is 6.36. The van der Waals surface area contributed by atoms with Crippen LogP contribution in [-0.4, -0.2) is 36.3 Å². The van der Waals surface area contributed by atoms with Gasteiger partial charge in [0.2, 0.25) is 0 Å². The predicted molar refractivity (Wildman–Crippen MR) is 132 cm³/mol. The second kappa shape index (κ2) is 10.6. The first kappa shape index (κ1) is 24.4. The van der Waals surface area contributed by atoms with Gasteiger partial charge in [-0.2, -0.15) is 0 Å². The van der Waals surface area contributed by atoms with Gasteiger partial charge < -0.3 is 14.4 Å². The van der Waals surface area contributed by atoms with Crippen LogP contribution in [0.5, 0.6) is 0 Å². The maximum atomic E-state index is 12.5. The third kappa shape index (κ3) is 6.41. The van der Waals surface area contributed by atoms with Crippen LogP contribution in [0.3, 0.4) is 0 Å². The first-order valence-electron chi connectivity index (χ1n) is 11.6. The molecule has 0 aromatic heterocycles. The van der Waals surface area contributed by atoms with Crippen LogP contribution in [-0.2, 0) is 9.47 Å². The molecular weight excluding hydrogens is 422 g/mol. The second-order valence-corrected chi connectivity index (χ2v) is 10.1. The van der Waals surface area contributed by atoms with Gasteiger partial charge in [-0.25, -0.2) is 4.79 Å². The van der Waals surface area contributed by atoms with Crippen molar-refractivity contribution in [1.82, 2.24) is 4.90 Å². The average Bonchev–Trinajstić information content (AvgIpc) is 2.86. The predicted octanol–water partition coefficient (Wildman–Crippen LogP) is 7.35. The minimum atomic E-state index is -0.468. The highest BCUT2D eigenvalue weighted by molar-refractivity contribution is 6.30. The van der Waals surface area contributed by atoms with E-state index in [4.69, 9.17) is 21.1 Å². The van der Waals surface area contributed by atoms with Crippen molar-refractivity contribution in [2.75, 3.05) is 19.7 Å². The van der Waals surface area contributed by atoms with Crippen molar-refractivity contribution in [3.63, 3.8) is 0 Å². The summed E-state index contributed by atoms with van der Waals surface area (Å²) in [5.41, 5.74) is 4.42. The highest BCUT2D eigenvalue weighted by atomic mass is 35.5. The van der Waals surface area contributed by atoms with E-state index in [0.717, 1.165) is 49.4 Å². The maximum Gasteiger partial charge on any atom is 0.410 e. The van der Waals surface area contributed by atoms with Crippen LogP contribution in [0.25, 0.3) is 6.08 Å². The molecule has 1 saturated heterocycles. The van der Waals surface area contributed by atoms with Gasteiger partial charge in [-0.15, -0.1) is 0 Å². The molecule has 0 N–H and O–H groups in total. The fourth-order valence-corrected chi connectivity index (χ4v) is 4.76. The van der Waals surface area contributed by atoms with E-state index in [1.165, 1.54) is 16.7 Å². The largest absolute Gasteiger partial charge is 0.502 e. The zero-order valence-corrected chi connectivity index (χ0v) is 20.6. The number of fused-ring (bicyclic) bond motifs is 1. The molecule has 1 amide bonds. The lowest BCUT2D eigenvalue weighted by Gasteiger charge is -2.37. The summed E-state index contributed by atoms with van der Waals surface area (Å²) < 4.78 is 10.9. The Hall–Kier alpha value is -2.20. The van der Waals surface area contributed by atoms with E-state index < -0.39 is 5.60 Å². The van der Waals surface area contributed by atoms with E-state index >= 15 is 0 Å². The van der Waals surface area contributed by atoms with Gasteiger partial charge in [-0.1, -0.05) is 35.9 Å². The van der Waals surface area contributed by atoms with E-state index in [2.05, 4.69) is 24.8 Å². The summed E-state index contributed by atoms with van der Waals surface area (Å²) in [5, 5.41) is 0.746. The van der Waals surface area contributed by atoms with Gasteiger partial charge in [0.25, 0.3) is 0 Å². The standard InChI is InChI=1S/C27H36ClNO3/c1-6-31-15-7-8-21-17-22-18-23(28)9-10-24(22)25(16-19(21)2)20-11-13-29(14-12-20)26(30)32-27(3,4)5/h7,9-10,15,17-18,20,25H,2,6,8,11-14,16H2,1,3-5H3. The Morgan fingerprint density at radius 3 is 2.66 bits per heavy atom. The molecule has 4 nitrogen and oxygen atoms in total. The zero-order valence-electron chi connectivity index (χ0n) is 19.8. The Labute approximate surface area is 197 Å². The van der Waals surface area contributed by atoms with Crippen LogP contribution >= 0.6 is 11.6 Å². The average molecular weight is 458 g/mol. The van der Waals surface area contributed by atoms with Crippen LogP contribution < -0.4 is 0 Å². The van der Waals surface area contributed by atoms with Gasteiger partial charge in [0, 0.05) is 18.1 Å². The number of halogens is 1. The number of carbonyl (C=O) groups excluding carboxylic acids is 1. The van der Waals surface area contributed by atoms with E-state index in [1.54, 1.807) is 6.26 Å². The summed E-state index contributed by atoms with van der Waals surface area (Å²) in [6, 6.07) is 6.22. The first-order valence-corrected chi connectivity index (χ1v) is 12.0. The van der Waals surface area contributed by atoms with E-state index in [9.17, 15) is 4.79 Å². The third-order valence-corrected chi connectivity index (χ3v) is 6.39. The summed E-state index contributed by atoms with van der Waals surface area (Å²) in [6.07, 6.45) is 9.45. The topological polar surface area (TPSA) is 38.8 Å². The SMILES string of the molecule is C=C1CC(C2CCN(C(=O)OC(C)(C)C)CC2)c2ccc(Cl)cc2C=C1CC=COCC. The Morgan fingerprint density at radius 2 is 2.00 bits per heavy atom. The molecule has 0 bridgehead atoms. The number of ether oxygens (including phenoxy) is 2. The molecule has 2 aliphatic rings. The number of likely N-dealkylation sites (tertiary alicyclic amines) is 1. The molecule has 0 spiro atoms. The molecule has 32 heavy (non-hydrogen) atoms. The zero-order chi connectivity index (χ0) is 23.3. The smallest absolute Gasteiger partial charge is 0.410 e. The number of benzene rings is 1. The van der Waals surface area contributed by atoms with E-state index in [1.807, 2.05) is 44.7 Å². The molecule has 1 fully saturated rings. The maximum absolute atomic E-state index is 12.5. The lowest BCUT2D eigenvalue weighted by Crippen LogP contribution is -2.42. The van der Waals surface area contributed by atoms with Crippen LogP contribution in [0.15, 0.2) is 48.3 Å². The van der Waals surface area contributed by atoms with Crippen molar-refractivity contribution in [3.05, 3.63) is 64.4 Å². The number of amides is 1. The normalized spacial score (nSPS) is 20.0. The fraction of sp³-hybridized carbons (Fsp3) is 0.519. The molecular formula is C27H36ClNO3. The molecule has 1 aliphatic heterocycles. The number of carbonyl (C=O) groups is 1. The van der Waals surface area contributed by atoms with Gasteiger partial charge in [0.05, 0.1) is 12.9 Å². The molecule has 3 rings (SSSR count). The van der Waals surface area contributed by atoms with E-state index in [0.29, 0.717) is 18.4 Å². The van der Waals surface area contributed by atoms with Crippen molar-refractivity contribution >= 4 is 23.8 Å². The molecule has 1 atom stereocenters. The number of rotatable bonds is 5. The van der Waals surface area contributed by atoms with Crippen molar-refractivity contribution in [2.45, 2.75) is 64.9 Å². The molecule has 1 aliphatic carbocycles. The van der Waals surface area contributed by atoms with Gasteiger partial charge in [0.1, 0.15) is 5.60 Å². The minimum absolute atomic E-state index is 0.210. The van der Waals surface area contributed by atoms with Gasteiger partial charge in [-0.05, 0) is 100 Å². The van der Waals surface area contributed by atoms with Crippen molar-refractivity contribution in [3.8, 4) is 0 Å². The number of hydrogen-bond acceptors (Lipinski definition) is 3. The minimum Gasteiger partial charge on any atom is -0.502 e. The molecule has 1 heterocycles. The molecule has 1 aromatic rings. The number of allylic oxidation sites excluding steroid dienone is 3. The summed E-state index contributed by atoms with van der Waals surface area (Å²) in [5.74, 6) is 0.845. The summed E-state index contributed by atoms with van der Waals surface area (Å²) in [7, 11) is 0. The van der Waals surface area contributed by atoms with Crippen LogP contribution in [0, 0.1) is 5.92 Å². The van der Waals surface area contributed by atoms with Gasteiger partial charge >= 0.3 is 6.09 Å². The van der Waals surface area contributed by atoms with Gasteiger partial charge in [0.15, 0.2) is 0 Å². The van der Waals surface area contributed by atoms with Crippen molar-refractivity contribution < 1.29 is 14.3 Å². The highest BCUT2D eigenvalue weighted by Gasteiger charge is 2.33. The number of hydrogen-bond donors (Lipinski definition) is 0. The van der Waals surface area contributed by atoms with Crippen LogP contribution in [0.4, 0.5) is 4.79 Å². The Morgan fingerprint density at radius 1 is 1.28 bits per heavy atom. The monoisotopic (exact) mass is 457 g/mol. The Kier molecular flexibility index (Phi) is 8.10. The summed E-state index contributed by atoms with van der Waals surface area (Å²) in [6.45, 7) is 14.2. The number of nitrogens with zero attached hydrogens (tertiary/aromatic N) is 1. The summed E-state index contributed by atoms with van der Waals surface area (Å²) in [4.78, 5) is 14.3. The molecule has 0 saturated carbocycles. The molecule has 1 unspecified atom stereocenters. The Bertz CT molecular complexity index is 889. The lowest BCUT2D eigenvalue weighted by atomic mass is 9.76. The van der Waals surface area contributed by atoms with Gasteiger partial charge in [-0.3, -0.25) is 0 Å². The van der Waals surface area contributed by atoms with Crippen molar-refractivity contribution in [1.29, 1.82) is 0 Å². The van der Waals surface area contributed by atoms with Crippen LogP contribution in [0.2, 0.25) is 5.02 Å². The molecule has 1 aromatic carbocycles. The second-order valence-electron chi connectivity index (χ2n) is 9.69. The fourth-order valence-electron chi connectivity index (χ4n) is 4.58. The molecule has 5 heteroatoms. The molecule has 174 valence electrons.